The summed E-state index contributed by atoms with van der Waals surface area (Å²) in [6.45, 7) is 5.67. The van der Waals surface area contributed by atoms with Crippen LogP contribution in [0, 0.1) is 6.92 Å². The molecule has 0 amide bonds. The van der Waals surface area contributed by atoms with Crippen LogP contribution in [0.4, 0.5) is 5.82 Å². The highest BCUT2D eigenvalue weighted by Crippen LogP contribution is 2.25. The summed E-state index contributed by atoms with van der Waals surface area (Å²) in [7, 11) is 0. The van der Waals surface area contributed by atoms with Gasteiger partial charge in [0.1, 0.15) is 5.82 Å². The Bertz CT molecular complexity index is 702. The van der Waals surface area contributed by atoms with Crippen LogP contribution in [-0.2, 0) is 6.42 Å². The van der Waals surface area contributed by atoms with Crippen LogP contribution >= 0.6 is 0 Å². The van der Waals surface area contributed by atoms with E-state index in [9.17, 15) is 0 Å². The Hall–Kier alpha value is -2.09. The Kier molecular flexibility index (Phi) is 2.22. The van der Waals surface area contributed by atoms with Crippen LogP contribution in [0.15, 0.2) is 42.5 Å². The van der Waals surface area contributed by atoms with Gasteiger partial charge in [-0.25, -0.2) is 4.98 Å². The zero-order chi connectivity index (χ0) is 11.8. The summed E-state index contributed by atoms with van der Waals surface area (Å²) in [6, 6.07) is 14.2. The number of rotatable bonds is 1. The maximum atomic E-state index is 5.75. The average Bonchev–Trinajstić information content (AvgIpc) is 2.38. The highest BCUT2D eigenvalue weighted by molar-refractivity contribution is 6.05. The Morgan fingerprint density at radius 1 is 1.00 bits per heavy atom. The Labute approximate surface area is 100 Å². The highest BCUT2D eigenvalue weighted by atomic mass is 14.8. The van der Waals surface area contributed by atoms with Crippen molar-refractivity contribution in [1.82, 2.24) is 4.98 Å². The van der Waals surface area contributed by atoms with Crippen LogP contribution in [0.25, 0.3) is 21.7 Å². The Morgan fingerprint density at radius 3 is 2.53 bits per heavy atom. The second-order valence-electron chi connectivity index (χ2n) is 4.13. The third-order valence-corrected chi connectivity index (χ3v) is 3.00. The lowest BCUT2D eigenvalue weighted by molar-refractivity contribution is 1.28. The van der Waals surface area contributed by atoms with E-state index in [0.29, 0.717) is 12.2 Å². The van der Waals surface area contributed by atoms with Crippen molar-refractivity contribution < 1.29 is 0 Å². The van der Waals surface area contributed by atoms with Gasteiger partial charge in [-0.1, -0.05) is 24.3 Å². The number of nitrogens with zero attached hydrogens (tertiary/aromatic N) is 1. The molecule has 2 N–H and O–H groups in total. The van der Waals surface area contributed by atoms with Gasteiger partial charge in [0.05, 0.1) is 5.52 Å². The number of aromatic nitrogens is 1. The quantitative estimate of drug-likeness (QED) is 0.639. The molecular weight excluding hydrogens is 208 g/mol. The zero-order valence-corrected chi connectivity index (χ0v) is 9.35. The van der Waals surface area contributed by atoms with Gasteiger partial charge in [-0.3, -0.25) is 0 Å². The third kappa shape index (κ3) is 1.62. The number of benzene rings is 2. The molecule has 1 aromatic heterocycles. The van der Waals surface area contributed by atoms with Crippen LogP contribution in [0.3, 0.4) is 0 Å². The monoisotopic (exact) mass is 220 g/mol. The van der Waals surface area contributed by atoms with Crippen LogP contribution in [0.1, 0.15) is 5.56 Å². The van der Waals surface area contributed by atoms with E-state index in [2.05, 4.69) is 29.2 Å². The summed E-state index contributed by atoms with van der Waals surface area (Å²) in [5, 5.41) is 3.37. The van der Waals surface area contributed by atoms with E-state index >= 15 is 0 Å². The van der Waals surface area contributed by atoms with E-state index < -0.39 is 0 Å². The molecule has 3 rings (SSSR count). The van der Waals surface area contributed by atoms with Crippen LogP contribution in [0.5, 0.6) is 0 Å². The lowest BCUT2D eigenvalue weighted by Crippen LogP contribution is -1.91. The van der Waals surface area contributed by atoms with Crippen molar-refractivity contribution >= 4 is 27.5 Å². The molecule has 2 aromatic carbocycles. The molecule has 1 heterocycles. The van der Waals surface area contributed by atoms with Gasteiger partial charge in [0, 0.05) is 10.8 Å². The molecule has 0 atom stereocenters. The molecule has 0 aliphatic carbocycles. The fraction of sp³-hybridized carbons (Fsp3) is 0.0667. The first-order valence-corrected chi connectivity index (χ1v) is 5.56. The SMILES string of the molecule is [CH]Cc1ccc2ccc3ccc(N)nc3c2c1. The van der Waals surface area contributed by atoms with Gasteiger partial charge < -0.3 is 5.73 Å². The number of pyridine rings is 1. The molecular formula is C15H12N2. The Morgan fingerprint density at radius 2 is 1.71 bits per heavy atom. The van der Waals surface area contributed by atoms with Crippen molar-refractivity contribution in [3.63, 3.8) is 0 Å². The molecule has 2 radical (unpaired) electrons. The molecule has 82 valence electrons. The van der Waals surface area contributed by atoms with Gasteiger partial charge in [-0.05, 0) is 42.5 Å². The molecule has 0 fully saturated rings. The fourth-order valence-electron chi connectivity index (χ4n) is 2.10. The molecule has 2 heteroatoms. The van der Waals surface area contributed by atoms with Crippen LogP contribution < -0.4 is 5.73 Å². The van der Waals surface area contributed by atoms with Crippen molar-refractivity contribution in [2.75, 3.05) is 5.73 Å². The predicted molar refractivity (Wildman–Crippen MR) is 71.7 cm³/mol. The number of fused-ring (bicyclic) bond motifs is 3. The minimum Gasteiger partial charge on any atom is -0.384 e. The number of nitrogens with two attached hydrogens (primary N) is 1. The normalized spacial score (nSPS) is 11.1. The van der Waals surface area contributed by atoms with Gasteiger partial charge in [0.15, 0.2) is 0 Å². The fourth-order valence-corrected chi connectivity index (χ4v) is 2.10. The van der Waals surface area contributed by atoms with Crippen molar-refractivity contribution in [2.45, 2.75) is 6.42 Å². The predicted octanol–water partition coefficient (Wildman–Crippen LogP) is 3.22. The van der Waals surface area contributed by atoms with Gasteiger partial charge in [-0.15, -0.1) is 0 Å². The summed E-state index contributed by atoms with van der Waals surface area (Å²) in [5.74, 6) is 0.545. The molecule has 3 aromatic rings. The molecule has 0 spiro atoms. The summed E-state index contributed by atoms with van der Waals surface area (Å²) in [6.07, 6.45) is 0.536. The molecule has 0 aliphatic rings. The first kappa shape index (κ1) is 10.1. The summed E-state index contributed by atoms with van der Waals surface area (Å²) >= 11 is 0. The Balaban J connectivity index is 2.47. The standard InChI is InChI=1S/C15H12N2/c1-2-10-3-4-11-5-6-12-7-8-14(16)17-15(12)13(11)9-10/h1,3-9H,2H2,(H2,16,17). The van der Waals surface area contributed by atoms with Gasteiger partial charge >= 0.3 is 0 Å². The molecule has 0 saturated heterocycles. The smallest absolute Gasteiger partial charge is 0.124 e. The highest BCUT2D eigenvalue weighted by Gasteiger charge is 2.03. The van der Waals surface area contributed by atoms with E-state index in [1.54, 1.807) is 0 Å². The molecule has 0 aliphatic heterocycles. The van der Waals surface area contributed by atoms with E-state index in [0.717, 1.165) is 27.2 Å². The molecule has 0 unspecified atom stereocenters. The number of hydrogen-bond acceptors (Lipinski definition) is 2. The van der Waals surface area contributed by atoms with Crippen molar-refractivity contribution in [3.8, 4) is 0 Å². The molecule has 2 nitrogen and oxygen atoms in total. The maximum Gasteiger partial charge on any atom is 0.124 e. The van der Waals surface area contributed by atoms with E-state index in [1.807, 2.05) is 18.2 Å². The average molecular weight is 220 g/mol. The number of anilines is 1. The summed E-state index contributed by atoms with van der Waals surface area (Å²) in [4.78, 5) is 4.42. The van der Waals surface area contributed by atoms with E-state index in [-0.39, 0.29) is 0 Å². The second-order valence-corrected chi connectivity index (χ2v) is 4.13. The first-order chi connectivity index (χ1) is 8.28. The molecule has 0 bridgehead atoms. The second kappa shape index (κ2) is 3.74. The summed E-state index contributed by atoms with van der Waals surface area (Å²) < 4.78 is 0. The van der Waals surface area contributed by atoms with Gasteiger partial charge in [0.2, 0.25) is 0 Å². The lowest BCUT2D eigenvalue weighted by atomic mass is 10.0. The first-order valence-electron chi connectivity index (χ1n) is 5.56. The molecule has 0 saturated carbocycles. The topological polar surface area (TPSA) is 38.9 Å². The largest absolute Gasteiger partial charge is 0.384 e. The van der Waals surface area contributed by atoms with Crippen molar-refractivity contribution in [3.05, 3.63) is 55.0 Å². The van der Waals surface area contributed by atoms with Gasteiger partial charge in [-0.2, -0.15) is 0 Å². The minimum atomic E-state index is 0.536. The van der Waals surface area contributed by atoms with E-state index in [4.69, 9.17) is 12.7 Å². The minimum absolute atomic E-state index is 0.536. The number of hydrogen-bond donors (Lipinski definition) is 1. The van der Waals surface area contributed by atoms with Gasteiger partial charge in [0.25, 0.3) is 0 Å². The van der Waals surface area contributed by atoms with Crippen LogP contribution in [-0.4, -0.2) is 4.98 Å². The third-order valence-electron chi connectivity index (χ3n) is 3.00. The van der Waals surface area contributed by atoms with E-state index in [1.165, 1.54) is 0 Å². The van der Waals surface area contributed by atoms with Crippen molar-refractivity contribution in [2.24, 2.45) is 0 Å². The van der Waals surface area contributed by atoms with Crippen molar-refractivity contribution in [1.29, 1.82) is 0 Å². The summed E-state index contributed by atoms with van der Waals surface area (Å²) in [5.41, 5.74) is 7.80. The van der Waals surface area contributed by atoms with Crippen LogP contribution in [0.2, 0.25) is 0 Å². The lowest BCUT2D eigenvalue weighted by Gasteiger charge is -2.05. The zero-order valence-electron chi connectivity index (χ0n) is 9.35. The molecule has 17 heavy (non-hydrogen) atoms. The maximum absolute atomic E-state index is 5.75. The number of nitrogen functional groups attached to an aromatic ring is 1.